The number of carboxylic acid groups (broad SMARTS) is 1. The lowest BCUT2D eigenvalue weighted by Crippen LogP contribution is -2.33. The average molecular weight is 372 g/mol. The lowest BCUT2D eigenvalue weighted by Gasteiger charge is -2.15. The Kier molecular flexibility index (Phi) is 8.01. The fourth-order valence-corrected chi connectivity index (χ4v) is 3.13. The van der Waals surface area contributed by atoms with E-state index >= 15 is 0 Å². The maximum Gasteiger partial charge on any atom is 0.303 e. The highest BCUT2D eigenvalue weighted by Crippen LogP contribution is 2.16. The van der Waals surface area contributed by atoms with Crippen LogP contribution >= 0.6 is 0 Å². The predicted octanol–water partition coefficient (Wildman–Crippen LogP) is 0.903. The van der Waals surface area contributed by atoms with Crippen LogP contribution in [0.1, 0.15) is 35.7 Å². The van der Waals surface area contributed by atoms with Crippen LogP contribution in [0, 0.1) is 6.92 Å². The molecule has 3 N–H and O–H groups in total. The van der Waals surface area contributed by atoms with Gasteiger partial charge in [0.15, 0.2) is 0 Å². The van der Waals surface area contributed by atoms with E-state index in [9.17, 15) is 18.0 Å². The minimum absolute atomic E-state index is 0.0162. The smallest absolute Gasteiger partial charge is 0.303 e. The first-order chi connectivity index (χ1) is 11.7. The molecule has 1 rings (SSSR count). The number of carboxylic acids is 1. The van der Waals surface area contributed by atoms with Crippen molar-refractivity contribution in [1.29, 1.82) is 0 Å². The van der Waals surface area contributed by atoms with Gasteiger partial charge in [-0.05, 0) is 38.0 Å². The van der Waals surface area contributed by atoms with Gasteiger partial charge in [0.1, 0.15) is 0 Å². The summed E-state index contributed by atoms with van der Waals surface area (Å²) < 4.78 is 31.6. The summed E-state index contributed by atoms with van der Waals surface area (Å²) in [4.78, 5) is 22.9. The van der Waals surface area contributed by atoms with Crippen LogP contribution in [-0.4, -0.2) is 51.7 Å². The fourth-order valence-electron chi connectivity index (χ4n) is 2.09. The van der Waals surface area contributed by atoms with Gasteiger partial charge in [0.25, 0.3) is 5.91 Å². The van der Waals surface area contributed by atoms with E-state index in [-0.39, 0.29) is 42.5 Å². The van der Waals surface area contributed by atoms with Crippen LogP contribution in [0.4, 0.5) is 0 Å². The lowest BCUT2D eigenvalue weighted by atomic mass is 10.1. The molecule has 0 aliphatic heterocycles. The third kappa shape index (κ3) is 6.81. The van der Waals surface area contributed by atoms with Crippen molar-refractivity contribution >= 4 is 21.9 Å². The molecule has 1 aromatic carbocycles. The van der Waals surface area contributed by atoms with Gasteiger partial charge >= 0.3 is 5.97 Å². The van der Waals surface area contributed by atoms with Crippen molar-refractivity contribution in [1.82, 2.24) is 10.0 Å². The average Bonchev–Trinajstić information content (AvgIpc) is 2.53. The Balaban J connectivity index is 2.90. The Labute approximate surface area is 147 Å². The minimum atomic E-state index is -3.74. The van der Waals surface area contributed by atoms with E-state index in [1.807, 2.05) is 0 Å². The van der Waals surface area contributed by atoms with Gasteiger partial charge in [-0.3, -0.25) is 9.59 Å². The van der Waals surface area contributed by atoms with E-state index in [2.05, 4.69) is 10.0 Å². The van der Waals surface area contributed by atoms with Gasteiger partial charge in [0, 0.05) is 31.7 Å². The summed E-state index contributed by atoms with van der Waals surface area (Å²) in [5, 5.41) is 11.4. The van der Waals surface area contributed by atoms with Crippen LogP contribution in [-0.2, 0) is 19.6 Å². The number of ether oxygens (including phenoxy) is 1. The van der Waals surface area contributed by atoms with E-state index in [0.29, 0.717) is 5.56 Å². The molecule has 25 heavy (non-hydrogen) atoms. The van der Waals surface area contributed by atoms with Crippen molar-refractivity contribution in [3.63, 3.8) is 0 Å². The van der Waals surface area contributed by atoms with Crippen molar-refractivity contribution in [3.05, 3.63) is 29.3 Å². The molecule has 0 bridgehead atoms. The zero-order valence-electron chi connectivity index (χ0n) is 14.5. The van der Waals surface area contributed by atoms with Crippen LogP contribution in [0.25, 0.3) is 0 Å². The molecule has 0 aromatic heterocycles. The molecular weight excluding hydrogens is 348 g/mol. The van der Waals surface area contributed by atoms with Gasteiger partial charge in [-0.15, -0.1) is 0 Å². The number of nitrogens with one attached hydrogen (secondary N) is 2. The number of methoxy groups -OCH3 is 1. The highest BCUT2D eigenvalue weighted by molar-refractivity contribution is 7.89. The summed E-state index contributed by atoms with van der Waals surface area (Å²) in [7, 11) is -2.28. The topological polar surface area (TPSA) is 122 Å². The van der Waals surface area contributed by atoms with Crippen molar-refractivity contribution in [2.45, 2.75) is 37.6 Å². The fraction of sp³-hybridized carbons (Fsp3) is 0.500. The largest absolute Gasteiger partial charge is 0.481 e. The minimum Gasteiger partial charge on any atom is -0.481 e. The summed E-state index contributed by atoms with van der Waals surface area (Å²) in [5.74, 6) is -1.38. The number of carbonyl (C=O) groups is 2. The summed E-state index contributed by atoms with van der Waals surface area (Å²) in [6.07, 6.45) is 0.231. The molecule has 0 aliphatic rings. The molecule has 0 saturated heterocycles. The van der Waals surface area contributed by atoms with Crippen LogP contribution in [0.3, 0.4) is 0 Å². The van der Waals surface area contributed by atoms with Gasteiger partial charge in [0.2, 0.25) is 10.0 Å². The summed E-state index contributed by atoms with van der Waals surface area (Å²) >= 11 is 0. The van der Waals surface area contributed by atoms with Crippen LogP contribution in [0.5, 0.6) is 0 Å². The number of hydrogen-bond donors (Lipinski definition) is 3. The third-order valence-electron chi connectivity index (χ3n) is 3.53. The van der Waals surface area contributed by atoms with Crippen molar-refractivity contribution in [2.75, 3.05) is 20.3 Å². The molecule has 0 aliphatic carbocycles. The SMILES string of the molecule is COCCNS(=O)(=O)c1ccc(C)c(C(=O)NC(C)CCC(=O)O)c1. The second-order valence-corrected chi connectivity index (χ2v) is 7.44. The number of sulfonamides is 1. The zero-order valence-corrected chi connectivity index (χ0v) is 15.4. The van der Waals surface area contributed by atoms with Gasteiger partial charge in [-0.1, -0.05) is 6.07 Å². The standard InChI is InChI=1S/C16H24N2O6S/c1-11-4-6-13(25(22,23)17-8-9-24-3)10-14(11)16(21)18-12(2)5-7-15(19)20/h4,6,10,12,17H,5,7-9H2,1-3H3,(H,18,21)(H,19,20). The molecule has 0 fully saturated rings. The van der Waals surface area contributed by atoms with E-state index in [4.69, 9.17) is 9.84 Å². The molecule has 1 amide bonds. The third-order valence-corrected chi connectivity index (χ3v) is 4.99. The normalized spacial score (nSPS) is 12.6. The molecule has 140 valence electrons. The molecule has 8 nitrogen and oxygen atoms in total. The Bertz CT molecular complexity index is 717. The number of rotatable bonds is 10. The molecule has 1 atom stereocenters. The van der Waals surface area contributed by atoms with Gasteiger partial charge in [-0.2, -0.15) is 0 Å². The van der Waals surface area contributed by atoms with E-state index < -0.39 is 21.9 Å². The molecule has 9 heteroatoms. The molecule has 0 spiro atoms. The summed E-state index contributed by atoms with van der Waals surface area (Å²) in [6, 6.07) is 3.95. The Morgan fingerprint density at radius 1 is 1.32 bits per heavy atom. The molecular formula is C16H24N2O6S. The molecule has 1 unspecified atom stereocenters. The van der Waals surface area contributed by atoms with Crippen LogP contribution < -0.4 is 10.0 Å². The predicted molar refractivity (Wildman–Crippen MR) is 92.0 cm³/mol. The first kappa shape index (κ1) is 21.1. The second kappa shape index (κ2) is 9.50. The maximum atomic E-state index is 12.4. The highest BCUT2D eigenvalue weighted by Gasteiger charge is 2.19. The van der Waals surface area contributed by atoms with Crippen LogP contribution in [0.15, 0.2) is 23.1 Å². The van der Waals surface area contributed by atoms with Crippen molar-refractivity contribution in [2.24, 2.45) is 0 Å². The molecule has 0 saturated carbocycles. The van der Waals surface area contributed by atoms with Gasteiger partial charge in [-0.25, -0.2) is 13.1 Å². The van der Waals surface area contributed by atoms with Crippen molar-refractivity contribution in [3.8, 4) is 0 Å². The number of aliphatic carboxylic acids is 1. The molecule has 0 radical (unpaired) electrons. The number of hydrogen-bond acceptors (Lipinski definition) is 5. The highest BCUT2D eigenvalue weighted by atomic mass is 32.2. The van der Waals surface area contributed by atoms with E-state index in [1.165, 1.54) is 19.2 Å². The number of amides is 1. The van der Waals surface area contributed by atoms with Crippen molar-refractivity contribution < 1.29 is 27.9 Å². The quantitative estimate of drug-likeness (QED) is 0.525. The van der Waals surface area contributed by atoms with E-state index in [1.54, 1.807) is 19.9 Å². The Morgan fingerprint density at radius 3 is 2.60 bits per heavy atom. The van der Waals surface area contributed by atoms with Gasteiger partial charge in [0.05, 0.1) is 11.5 Å². The molecule has 1 aromatic rings. The summed E-state index contributed by atoms with van der Waals surface area (Å²) in [6.45, 7) is 3.76. The Hall–Kier alpha value is -1.97. The van der Waals surface area contributed by atoms with Gasteiger partial charge < -0.3 is 15.2 Å². The first-order valence-electron chi connectivity index (χ1n) is 7.79. The number of carbonyl (C=O) groups excluding carboxylic acids is 1. The first-order valence-corrected chi connectivity index (χ1v) is 9.27. The lowest BCUT2D eigenvalue weighted by molar-refractivity contribution is -0.137. The summed E-state index contributed by atoms with van der Waals surface area (Å²) in [5.41, 5.74) is 0.857. The van der Waals surface area contributed by atoms with Crippen LogP contribution in [0.2, 0.25) is 0 Å². The van der Waals surface area contributed by atoms with E-state index in [0.717, 1.165) is 0 Å². The zero-order chi connectivity index (χ0) is 19.0. The monoisotopic (exact) mass is 372 g/mol. The number of aryl methyl sites for hydroxylation is 1. The Morgan fingerprint density at radius 2 is 2.00 bits per heavy atom. The number of benzene rings is 1. The molecule has 0 heterocycles. The second-order valence-electron chi connectivity index (χ2n) is 5.67. The maximum absolute atomic E-state index is 12.4.